The molecule has 0 heterocycles. The Bertz CT molecular complexity index is 412. The summed E-state index contributed by atoms with van der Waals surface area (Å²) in [4.78, 5) is 35.0. The topological polar surface area (TPSA) is 153 Å². The predicted molar refractivity (Wildman–Crippen MR) is 110 cm³/mol. The number of hydrogen-bond acceptors (Lipinski definition) is 5. The average Bonchev–Trinajstić information content (AvgIpc) is 2.63. The molecule has 2 unspecified atom stereocenters. The molecule has 0 aromatic heterocycles. The van der Waals surface area contributed by atoms with Crippen molar-refractivity contribution in [2.75, 3.05) is 13.1 Å². The van der Waals surface area contributed by atoms with E-state index in [-0.39, 0.29) is 12.5 Å². The zero-order chi connectivity index (χ0) is 21.2. The number of hydrogen-bond donors (Lipinski definition) is 5. The number of primary amides is 1. The number of amides is 3. The second-order valence-electron chi connectivity index (χ2n) is 6.44. The van der Waals surface area contributed by atoms with Crippen LogP contribution in [0.25, 0.3) is 0 Å². The Hall–Kier alpha value is -1.67. The van der Waals surface area contributed by atoms with E-state index in [0.29, 0.717) is 18.8 Å². The minimum atomic E-state index is -0.726. The summed E-state index contributed by atoms with van der Waals surface area (Å²) in [7, 11) is 0. The maximum Gasteiger partial charge on any atom is 0.243 e. The normalized spacial score (nSPS) is 15.8. The van der Waals surface area contributed by atoms with E-state index in [1.165, 1.54) is 13.3 Å². The predicted octanol–water partition coefficient (Wildman–Crippen LogP) is 0.772. The van der Waals surface area contributed by atoms with Gasteiger partial charge in [0.2, 0.25) is 17.7 Å². The summed E-state index contributed by atoms with van der Waals surface area (Å²) in [6.45, 7) is 8.26. The fourth-order valence-corrected chi connectivity index (χ4v) is 2.96. The first-order chi connectivity index (χ1) is 12.8. The van der Waals surface area contributed by atoms with Crippen LogP contribution in [-0.4, -0.2) is 42.9 Å². The SMILES string of the molecule is CC.CC(=O)NC(CCN)C(=O)NC(CC1CCCCC1)C(N)=O.CCN. The van der Waals surface area contributed by atoms with Crippen LogP contribution in [0.4, 0.5) is 0 Å². The molecule has 3 amide bonds. The maximum absolute atomic E-state index is 12.2. The highest BCUT2D eigenvalue weighted by Crippen LogP contribution is 2.27. The molecular formula is C19H41N5O3. The Labute approximate surface area is 164 Å². The second-order valence-corrected chi connectivity index (χ2v) is 6.44. The lowest BCUT2D eigenvalue weighted by molar-refractivity contribution is -0.131. The molecule has 0 aromatic carbocycles. The molecule has 160 valence electrons. The van der Waals surface area contributed by atoms with E-state index in [4.69, 9.17) is 17.2 Å². The Balaban J connectivity index is 0. The largest absolute Gasteiger partial charge is 0.368 e. The first kappa shape index (κ1) is 27.5. The highest BCUT2D eigenvalue weighted by molar-refractivity contribution is 5.91. The molecule has 1 aliphatic rings. The molecule has 0 spiro atoms. The van der Waals surface area contributed by atoms with E-state index in [0.717, 1.165) is 32.2 Å². The summed E-state index contributed by atoms with van der Waals surface area (Å²) in [6, 6.07) is -1.42. The van der Waals surface area contributed by atoms with Crippen molar-refractivity contribution in [2.24, 2.45) is 23.1 Å². The van der Waals surface area contributed by atoms with Crippen molar-refractivity contribution in [2.45, 2.75) is 84.7 Å². The Morgan fingerprint density at radius 2 is 1.52 bits per heavy atom. The smallest absolute Gasteiger partial charge is 0.243 e. The van der Waals surface area contributed by atoms with E-state index in [1.807, 2.05) is 20.8 Å². The summed E-state index contributed by atoms with van der Waals surface area (Å²) < 4.78 is 0. The van der Waals surface area contributed by atoms with Gasteiger partial charge in [-0.3, -0.25) is 14.4 Å². The monoisotopic (exact) mass is 387 g/mol. The highest BCUT2D eigenvalue weighted by atomic mass is 16.2. The van der Waals surface area contributed by atoms with Crippen LogP contribution in [0.3, 0.4) is 0 Å². The second kappa shape index (κ2) is 17.7. The first-order valence-electron chi connectivity index (χ1n) is 10.1. The highest BCUT2D eigenvalue weighted by Gasteiger charge is 2.27. The van der Waals surface area contributed by atoms with Crippen LogP contribution in [0.2, 0.25) is 0 Å². The van der Waals surface area contributed by atoms with Crippen molar-refractivity contribution in [3.05, 3.63) is 0 Å². The lowest BCUT2D eigenvalue weighted by atomic mass is 9.84. The van der Waals surface area contributed by atoms with Crippen molar-refractivity contribution < 1.29 is 14.4 Å². The summed E-state index contributed by atoms with van der Waals surface area (Å²) >= 11 is 0. The van der Waals surface area contributed by atoms with Gasteiger partial charge in [-0.15, -0.1) is 0 Å². The molecule has 1 rings (SSSR count). The van der Waals surface area contributed by atoms with Gasteiger partial charge < -0.3 is 27.8 Å². The van der Waals surface area contributed by atoms with Gasteiger partial charge in [-0.1, -0.05) is 52.9 Å². The molecule has 8 N–H and O–H groups in total. The zero-order valence-corrected chi connectivity index (χ0v) is 17.6. The van der Waals surface area contributed by atoms with Crippen molar-refractivity contribution in [1.29, 1.82) is 0 Å². The third-order valence-electron chi connectivity index (χ3n) is 4.10. The average molecular weight is 388 g/mol. The molecule has 0 saturated heterocycles. The van der Waals surface area contributed by atoms with E-state index in [9.17, 15) is 14.4 Å². The number of carbonyl (C=O) groups is 3. The van der Waals surface area contributed by atoms with Crippen molar-refractivity contribution in [3.8, 4) is 0 Å². The van der Waals surface area contributed by atoms with E-state index in [1.54, 1.807) is 0 Å². The number of rotatable bonds is 8. The molecule has 1 aliphatic carbocycles. The Morgan fingerprint density at radius 3 is 1.93 bits per heavy atom. The van der Waals surface area contributed by atoms with Crippen LogP contribution < -0.4 is 27.8 Å². The van der Waals surface area contributed by atoms with Gasteiger partial charge in [-0.05, 0) is 31.8 Å². The standard InChI is InChI=1S/C15H28N4O3.C2H7N.C2H6/c1-10(20)18-12(7-8-16)15(22)19-13(14(17)21)9-11-5-3-2-4-6-11;1-2-3;1-2/h11-13H,2-9,16H2,1H3,(H2,17,21)(H,18,20)(H,19,22);2-3H2,1H3;1-2H3. The fraction of sp³-hybridized carbons (Fsp3) is 0.842. The van der Waals surface area contributed by atoms with Gasteiger partial charge >= 0.3 is 0 Å². The molecule has 0 aromatic rings. The molecule has 0 radical (unpaired) electrons. The Morgan fingerprint density at radius 1 is 1.00 bits per heavy atom. The van der Waals surface area contributed by atoms with E-state index < -0.39 is 23.9 Å². The lowest BCUT2D eigenvalue weighted by Gasteiger charge is -2.27. The fourth-order valence-electron chi connectivity index (χ4n) is 2.96. The van der Waals surface area contributed by atoms with E-state index >= 15 is 0 Å². The van der Waals surface area contributed by atoms with Crippen LogP contribution >= 0.6 is 0 Å². The van der Waals surface area contributed by atoms with Gasteiger partial charge in [0, 0.05) is 6.92 Å². The first-order valence-corrected chi connectivity index (χ1v) is 10.1. The van der Waals surface area contributed by atoms with Crippen LogP contribution in [-0.2, 0) is 14.4 Å². The van der Waals surface area contributed by atoms with Gasteiger partial charge in [0.1, 0.15) is 12.1 Å². The van der Waals surface area contributed by atoms with Crippen LogP contribution in [0, 0.1) is 5.92 Å². The number of carbonyl (C=O) groups excluding carboxylic acids is 3. The van der Waals surface area contributed by atoms with Crippen LogP contribution in [0.5, 0.6) is 0 Å². The molecule has 8 heteroatoms. The molecule has 1 saturated carbocycles. The van der Waals surface area contributed by atoms with Crippen LogP contribution in [0.15, 0.2) is 0 Å². The lowest BCUT2D eigenvalue weighted by Crippen LogP contribution is -2.53. The molecule has 8 nitrogen and oxygen atoms in total. The minimum absolute atomic E-state index is 0.266. The molecule has 1 fully saturated rings. The van der Waals surface area contributed by atoms with Gasteiger partial charge in [-0.25, -0.2) is 0 Å². The number of nitrogens with two attached hydrogens (primary N) is 3. The summed E-state index contributed by atoms with van der Waals surface area (Å²) in [5.74, 6) is -0.828. The molecule has 0 bridgehead atoms. The third kappa shape index (κ3) is 14.1. The van der Waals surface area contributed by atoms with Gasteiger partial charge in [0.05, 0.1) is 0 Å². The quantitative estimate of drug-likeness (QED) is 0.416. The third-order valence-corrected chi connectivity index (χ3v) is 4.10. The maximum atomic E-state index is 12.2. The summed E-state index contributed by atoms with van der Waals surface area (Å²) in [6.07, 6.45) is 6.56. The van der Waals surface area contributed by atoms with Gasteiger partial charge in [-0.2, -0.15) is 0 Å². The summed E-state index contributed by atoms with van der Waals surface area (Å²) in [5.41, 5.74) is 15.7. The minimum Gasteiger partial charge on any atom is -0.368 e. The Kier molecular flexibility index (Phi) is 18.1. The molecule has 2 atom stereocenters. The molecular weight excluding hydrogens is 346 g/mol. The zero-order valence-electron chi connectivity index (χ0n) is 17.6. The van der Waals surface area contributed by atoms with Gasteiger partial charge in [0.25, 0.3) is 0 Å². The van der Waals surface area contributed by atoms with Crippen LogP contribution in [0.1, 0.15) is 72.6 Å². The molecule has 0 aliphatic heterocycles. The van der Waals surface area contributed by atoms with Crippen molar-refractivity contribution in [3.63, 3.8) is 0 Å². The summed E-state index contributed by atoms with van der Waals surface area (Å²) in [5, 5.41) is 5.22. The van der Waals surface area contributed by atoms with Crippen molar-refractivity contribution >= 4 is 17.7 Å². The molecule has 27 heavy (non-hydrogen) atoms. The van der Waals surface area contributed by atoms with E-state index in [2.05, 4.69) is 10.6 Å². The number of nitrogens with one attached hydrogen (secondary N) is 2. The van der Waals surface area contributed by atoms with Gasteiger partial charge in [0.15, 0.2) is 0 Å². The van der Waals surface area contributed by atoms with Crippen molar-refractivity contribution in [1.82, 2.24) is 10.6 Å².